The van der Waals surface area contributed by atoms with E-state index >= 15 is 0 Å². The number of hydrogen-bond donors (Lipinski definition) is 2. The van der Waals surface area contributed by atoms with Crippen LogP contribution in [0.5, 0.6) is 0 Å². The number of rotatable bonds is 4. The first-order valence-corrected chi connectivity index (χ1v) is 5.10. The molecule has 5 nitrogen and oxygen atoms in total. The van der Waals surface area contributed by atoms with Crippen molar-refractivity contribution < 1.29 is 19.8 Å². The summed E-state index contributed by atoms with van der Waals surface area (Å²) in [5.41, 5.74) is 0. The fourth-order valence-electron chi connectivity index (χ4n) is 1.89. The number of carbonyl (C=O) groups is 2. The van der Waals surface area contributed by atoms with Gasteiger partial charge < -0.3 is 15.1 Å². The maximum Gasteiger partial charge on any atom is 0.308 e. The van der Waals surface area contributed by atoms with Gasteiger partial charge in [-0.2, -0.15) is 0 Å². The Morgan fingerprint density at radius 1 is 1.60 bits per heavy atom. The van der Waals surface area contributed by atoms with Gasteiger partial charge in [-0.05, 0) is 5.92 Å². The topological polar surface area (TPSA) is 77.8 Å². The van der Waals surface area contributed by atoms with Gasteiger partial charge in [0.1, 0.15) is 0 Å². The Morgan fingerprint density at radius 2 is 2.20 bits per heavy atom. The second-order valence-corrected chi connectivity index (χ2v) is 4.28. The standard InChI is InChI=1S/C10H17NO4/c1-6(2)8(5-12)11-4-7(10(14)15)3-9(11)13/h6-8,12H,3-5H2,1-2H3,(H,14,15)/t7?,8-/m0/s1. The minimum Gasteiger partial charge on any atom is -0.481 e. The Kier molecular flexibility index (Phi) is 3.68. The first kappa shape index (κ1) is 12.0. The lowest BCUT2D eigenvalue weighted by Gasteiger charge is -2.29. The molecule has 1 fully saturated rings. The summed E-state index contributed by atoms with van der Waals surface area (Å²) in [7, 11) is 0. The first-order valence-electron chi connectivity index (χ1n) is 5.10. The second-order valence-electron chi connectivity index (χ2n) is 4.28. The number of carboxylic acid groups (broad SMARTS) is 1. The molecule has 1 aliphatic rings. The van der Waals surface area contributed by atoms with Gasteiger partial charge in [-0.25, -0.2) is 0 Å². The Hall–Kier alpha value is -1.10. The molecule has 0 bridgehead atoms. The van der Waals surface area contributed by atoms with Crippen LogP contribution in [-0.2, 0) is 9.59 Å². The number of carboxylic acids is 1. The van der Waals surface area contributed by atoms with Crippen molar-refractivity contribution in [2.75, 3.05) is 13.2 Å². The highest BCUT2D eigenvalue weighted by Crippen LogP contribution is 2.23. The van der Waals surface area contributed by atoms with Crippen LogP contribution in [-0.4, -0.2) is 46.2 Å². The van der Waals surface area contributed by atoms with Gasteiger partial charge in [0.25, 0.3) is 0 Å². The van der Waals surface area contributed by atoms with E-state index in [1.165, 1.54) is 4.90 Å². The zero-order valence-corrected chi connectivity index (χ0v) is 9.01. The van der Waals surface area contributed by atoms with Crippen LogP contribution < -0.4 is 0 Å². The van der Waals surface area contributed by atoms with Gasteiger partial charge in [0, 0.05) is 13.0 Å². The molecule has 1 unspecified atom stereocenters. The summed E-state index contributed by atoms with van der Waals surface area (Å²) in [4.78, 5) is 23.8. The Labute approximate surface area is 88.7 Å². The molecule has 1 saturated heterocycles. The molecule has 0 spiro atoms. The SMILES string of the molecule is CC(C)[C@H](CO)N1CC(C(=O)O)CC1=O. The van der Waals surface area contributed by atoms with E-state index in [1.807, 2.05) is 13.8 Å². The van der Waals surface area contributed by atoms with Crippen LogP contribution in [0, 0.1) is 11.8 Å². The number of carbonyl (C=O) groups excluding carboxylic acids is 1. The first-order chi connectivity index (χ1) is 6.97. The summed E-state index contributed by atoms with van der Waals surface area (Å²) < 4.78 is 0. The Morgan fingerprint density at radius 3 is 2.53 bits per heavy atom. The Balaban J connectivity index is 2.71. The third-order valence-electron chi connectivity index (χ3n) is 2.86. The highest BCUT2D eigenvalue weighted by Gasteiger charge is 2.38. The van der Waals surface area contributed by atoms with Crippen LogP contribution in [0.1, 0.15) is 20.3 Å². The van der Waals surface area contributed by atoms with Crippen LogP contribution in [0.4, 0.5) is 0 Å². The maximum absolute atomic E-state index is 11.5. The maximum atomic E-state index is 11.5. The molecular formula is C10H17NO4. The van der Waals surface area contributed by atoms with Crippen LogP contribution in [0.2, 0.25) is 0 Å². The Bertz CT molecular complexity index is 264. The molecule has 1 heterocycles. The third-order valence-corrected chi connectivity index (χ3v) is 2.86. The minimum atomic E-state index is -0.939. The predicted molar refractivity (Wildman–Crippen MR) is 53.2 cm³/mol. The molecule has 0 aromatic carbocycles. The summed E-state index contributed by atoms with van der Waals surface area (Å²) in [6, 6.07) is -0.262. The molecule has 1 amide bonds. The van der Waals surface area contributed by atoms with Crippen molar-refractivity contribution in [1.29, 1.82) is 0 Å². The molecule has 0 radical (unpaired) electrons. The van der Waals surface area contributed by atoms with Crippen molar-refractivity contribution in [2.45, 2.75) is 26.3 Å². The highest BCUT2D eigenvalue weighted by molar-refractivity contribution is 5.86. The average Bonchev–Trinajstić information content (AvgIpc) is 2.49. The van der Waals surface area contributed by atoms with Crippen LogP contribution in [0.15, 0.2) is 0 Å². The second kappa shape index (κ2) is 4.61. The summed E-state index contributed by atoms with van der Waals surface area (Å²) in [5.74, 6) is -1.60. The van der Waals surface area contributed by atoms with Gasteiger partial charge in [0.05, 0.1) is 18.6 Å². The fourth-order valence-corrected chi connectivity index (χ4v) is 1.89. The number of likely N-dealkylation sites (tertiary alicyclic amines) is 1. The molecule has 2 atom stereocenters. The smallest absolute Gasteiger partial charge is 0.308 e. The molecule has 2 N–H and O–H groups in total. The largest absolute Gasteiger partial charge is 0.481 e. The van der Waals surface area contributed by atoms with Gasteiger partial charge in [0.15, 0.2) is 0 Å². The fraction of sp³-hybridized carbons (Fsp3) is 0.800. The lowest BCUT2D eigenvalue weighted by atomic mass is 10.0. The van der Waals surface area contributed by atoms with Crippen molar-refractivity contribution in [3.8, 4) is 0 Å². The molecule has 0 aliphatic carbocycles. The van der Waals surface area contributed by atoms with E-state index in [0.29, 0.717) is 0 Å². The normalized spacial score (nSPS) is 23.6. The summed E-state index contributed by atoms with van der Waals surface area (Å²) >= 11 is 0. The molecular weight excluding hydrogens is 198 g/mol. The van der Waals surface area contributed by atoms with E-state index in [9.17, 15) is 9.59 Å². The third kappa shape index (κ3) is 2.47. The monoisotopic (exact) mass is 215 g/mol. The van der Waals surface area contributed by atoms with Crippen molar-refractivity contribution in [2.24, 2.45) is 11.8 Å². The van der Waals surface area contributed by atoms with E-state index in [2.05, 4.69) is 0 Å². The zero-order valence-electron chi connectivity index (χ0n) is 9.01. The highest BCUT2D eigenvalue weighted by atomic mass is 16.4. The predicted octanol–water partition coefficient (Wildman–Crippen LogP) is -0.0636. The van der Waals surface area contributed by atoms with Crippen molar-refractivity contribution in [3.63, 3.8) is 0 Å². The minimum absolute atomic E-state index is 0.0541. The summed E-state index contributed by atoms with van der Waals surface area (Å²) in [6.45, 7) is 3.91. The van der Waals surface area contributed by atoms with E-state index in [0.717, 1.165) is 0 Å². The van der Waals surface area contributed by atoms with Gasteiger partial charge in [0.2, 0.25) is 5.91 Å². The van der Waals surface area contributed by atoms with Crippen LogP contribution in [0.25, 0.3) is 0 Å². The number of aliphatic hydroxyl groups excluding tert-OH is 1. The number of amides is 1. The molecule has 1 rings (SSSR count). The zero-order chi connectivity index (χ0) is 11.6. The molecule has 0 saturated carbocycles. The number of aliphatic carboxylic acids is 1. The van der Waals surface area contributed by atoms with E-state index in [-0.39, 0.29) is 37.4 Å². The lowest BCUT2D eigenvalue weighted by molar-refractivity contribution is -0.141. The molecule has 1 aliphatic heterocycles. The van der Waals surface area contributed by atoms with Crippen LogP contribution >= 0.6 is 0 Å². The molecule has 5 heteroatoms. The van der Waals surface area contributed by atoms with E-state index in [1.54, 1.807) is 0 Å². The van der Waals surface area contributed by atoms with Crippen molar-refractivity contribution >= 4 is 11.9 Å². The van der Waals surface area contributed by atoms with Gasteiger partial charge >= 0.3 is 5.97 Å². The average molecular weight is 215 g/mol. The van der Waals surface area contributed by atoms with E-state index < -0.39 is 11.9 Å². The quantitative estimate of drug-likeness (QED) is 0.688. The number of hydrogen-bond acceptors (Lipinski definition) is 3. The van der Waals surface area contributed by atoms with Gasteiger partial charge in [-0.15, -0.1) is 0 Å². The molecule has 86 valence electrons. The van der Waals surface area contributed by atoms with E-state index in [4.69, 9.17) is 10.2 Å². The summed E-state index contributed by atoms with van der Waals surface area (Å²) in [5, 5.41) is 18.0. The lowest BCUT2D eigenvalue weighted by Crippen LogP contribution is -2.42. The van der Waals surface area contributed by atoms with Gasteiger partial charge in [-0.3, -0.25) is 9.59 Å². The van der Waals surface area contributed by atoms with Crippen LogP contribution in [0.3, 0.4) is 0 Å². The number of nitrogens with zero attached hydrogens (tertiary/aromatic N) is 1. The molecule has 0 aromatic rings. The van der Waals surface area contributed by atoms with Crippen molar-refractivity contribution in [1.82, 2.24) is 4.90 Å². The molecule has 15 heavy (non-hydrogen) atoms. The van der Waals surface area contributed by atoms with Gasteiger partial charge in [-0.1, -0.05) is 13.8 Å². The number of aliphatic hydroxyl groups is 1. The molecule has 0 aromatic heterocycles. The summed E-state index contributed by atoms with van der Waals surface area (Å²) in [6.07, 6.45) is 0.0541. The van der Waals surface area contributed by atoms with Crippen molar-refractivity contribution in [3.05, 3.63) is 0 Å².